The Labute approximate surface area is 227 Å². The van der Waals surface area contributed by atoms with E-state index in [0.717, 1.165) is 17.1 Å². The summed E-state index contributed by atoms with van der Waals surface area (Å²) in [4.78, 5) is 24.9. The van der Waals surface area contributed by atoms with Crippen molar-refractivity contribution in [3.05, 3.63) is 72.3 Å². The van der Waals surface area contributed by atoms with E-state index in [4.69, 9.17) is 14.2 Å². The fourth-order valence-electron chi connectivity index (χ4n) is 4.03. The van der Waals surface area contributed by atoms with Crippen LogP contribution in [0.1, 0.15) is 53.9 Å². The molecule has 6 nitrogen and oxygen atoms in total. The molecule has 1 amide bonds. The number of alkyl carbamates (subject to hydrolysis) is 1. The SMILES string of the molecule is C=C(C)C(=O)OCCNC(=O)OC(COc1ccc(C(C(C)C)C(C)CC)cc1)CSc1ccccc1.[HH]. The maximum atomic E-state index is 12.4. The number of carbonyl (C=O) groups is 2. The summed E-state index contributed by atoms with van der Waals surface area (Å²) in [5, 5.41) is 2.62. The smallest absolute Gasteiger partial charge is 0.407 e. The van der Waals surface area contributed by atoms with Crippen LogP contribution in [-0.4, -0.2) is 43.7 Å². The molecule has 3 atom stereocenters. The van der Waals surface area contributed by atoms with Gasteiger partial charge in [0, 0.05) is 17.6 Å². The number of carbonyl (C=O) groups excluding carboxylic acids is 2. The topological polar surface area (TPSA) is 73.9 Å². The molecule has 0 fully saturated rings. The minimum Gasteiger partial charge on any atom is -0.490 e. The lowest BCUT2D eigenvalue weighted by atomic mass is 9.78. The Hall–Kier alpha value is -2.93. The third-order valence-electron chi connectivity index (χ3n) is 6.08. The van der Waals surface area contributed by atoms with Gasteiger partial charge in [-0.2, -0.15) is 0 Å². The Balaban J connectivity index is 0.00000722. The first-order valence-electron chi connectivity index (χ1n) is 12.9. The van der Waals surface area contributed by atoms with Gasteiger partial charge in [-0.15, -0.1) is 11.8 Å². The number of ether oxygens (including phenoxy) is 3. The second-order valence-corrected chi connectivity index (χ2v) is 10.6. The molecule has 2 aromatic carbocycles. The van der Waals surface area contributed by atoms with Crippen LogP contribution in [0.15, 0.2) is 71.6 Å². The van der Waals surface area contributed by atoms with Crippen LogP contribution in [0.2, 0.25) is 0 Å². The monoisotopic (exact) mass is 529 g/mol. The molecule has 0 aliphatic rings. The number of nitrogens with one attached hydrogen (secondary N) is 1. The molecule has 37 heavy (non-hydrogen) atoms. The van der Waals surface area contributed by atoms with Crippen LogP contribution < -0.4 is 10.1 Å². The summed E-state index contributed by atoms with van der Waals surface area (Å²) in [5.74, 6) is 2.43. The van der Waals surface area contributed by atoms with E-state index in [9.17, 15) is 9.59 Å². The molecule has 0 saturated heterocycles. The molecule has 0 radical (unpaired) electrons. The summed E-state index contributed by atoms with van der Waals surface area (Å²) in [6.45, 7) is 14.6. The number of esters is 1. The number of rotatable bonds is 15. The Morgan fingerprint density at radius 1 is 1.05 bits per heavy atom. The van der Waals surface area contributed by atoms with E-state index >= 15 is 0 Å². The Morgan fingerprint density at radius 3 is 2.32 bits per heavy atom. The maximum absolute atomic E-state index is 12.4. The van der Waals surface area contributed by atoms with Crippen LogP contribution in [-0.2, 0) is 14.3 Å². The van der Waals surface area contributed by atoms with Gasteiger partial charge in [-0.1, -0.05) is 71.0 Å². The molecule has 2 aromatic rings. The zero-order valence-electron chi connectivity index (χ0n) is 22.7. The molecule has 0 heterocycles. The van der Waals surface area contributed by atoms with E-state index in [2.05, 4.69) is 51.7 Å². The van der Waals surface area contributed by atoms with Crippen molar-refractivity contribution in [3.8, 4) is 5.75 Å². The first-order chi connectivity index (χ1) is 17.7. The average molecular weight is 530 g/mol. The molecule has 3 unspecified atom stereocenters. The van der Waals surface area contributed by atoms with Gasteiger partial charge in [0.2, 0.25) is 0 Å². The van der Waals surface area contributed by atoms with Crippen molar-refractivity contribution < 1.29 is 25.2 Å². The lowest BCUT2D eigenvalue weighted by Crippen LogP contribution is -2.35. The number of hydrogen-bond donors (Lipinski definition) is 1. The summed E-state index contributed by atoms with van der Waals surface area (Å²) in [7, 11) is 0. The Kier molecular flexibility index (Phi) is 13.1. The van der Waals surface area contributed by atoms with Crippen molar-refractivity contribution in [2.24, 2.45) is 11.8 Å². The van der Waals surface area contributed by atoms with Crippen LogP contribution >= 0.6 is 11.8 Å². The van der Waals surface area contributed by atoms with Gasteiger partial charge in [0.05, 0.1) is 6.54 Å². The number of benzene rings is 2. The third kappa shape index (κ3) is 10.9. The van der Waals surface area contributed by atoms with Gasteiger partial charge in [-0.3, -0.25) is 0 Å². The molecule has 0 bridgehead atoms. The fourth-order valence-corrected chi connectivity index (χ4v) is 4.93. The van der Waals surface area contributed by atoms with E-state index in [1.54, 1.807) is 18.7 Å². The van der Waals surface area contributed by atoms with E-state index in [0.29, 0.717) is 29.1 Å². The highest BCUT2D eigenvalue weighted by atomic mass is 32.2. The highest BCUT2D eigenvalue weighted by molar-refractivity contribution is 7.99. The largest absolute Gasteiger partial charge is 0.490 e. The highest BCUT2D eigenvalue weighted by Crippen LogP contribution is 2.34. The minimum atomic E-state index is -0.586. The maximum Gasteiger partial charge on any atom is 0.407 e. The average Bonchev–Trinajstić information content (AvgIpc) is 2.89. The van der Waals surface area contributed by atoms with Crippen molar-refractivity contribution in [1.82, 2.24) is 5.32 Å². The molecular weight excluding hydrogens is 486 g/mol. The number of amides is 1. The van der Waals surface area contributed by atoms with E-state index < -0.39 is 18.2 Å². The standard InChI is InChI=1S/C30H41NO5S.H2/c1-7-23(6)28(21(2)3)24-13-15-25(16-14-24)35-19-26(20-37-27-11-9-8-10-12-27)36-30(33)31-17-18-34-29(32)22(4)5;/h8-16,21,23,26,28H,4,7,17-20H2,1-3,5-6H3,(H,31,33);1H. The van der Waals surface area contributed by atoms with Crippen molar-refractivity contribution >= 4 is 23.8 Å². The van der Waals surface area contributed by atoms with E-state index in [1.165, 1.54) is 5.56 Å². The quantitative estimate of drug-likeness (QED) is 0.115. The summed E-state index contributed by atoms with van der Waals surface area (Å²) in [6.07, 6.45) is 0.0705. The Morgan fingerprint density at radius 2 is 1.73 bits per heavy atom. The molecule has 2 rings (SSSR count). The molecule has 0 aliphatic heterocycles. The lowest BCUT2D eigenvalue weighted by Gasteiger charge is -2.27. The van der Waals surface area contributed by atoms with Crippen molar-refractivity contribution in [1.29, 1.82) is 0 Å². The van der Waals surface area contributed by atoms with Gasteiger partial charge >= 0.3 is 12.1 Å². The van der Waals surface area contributed by atoms with Crippen LogP contribution in [0.5, 0.6) is 5.75 Å². The van der Waals surface area contributed by atoms with E-state index in [1.807, 2.05) is 42.5 Å². The predicted octanol–water partition coefficient (Wildman–Crippen LogP) is 7.10. The molecule has 0 aliphatic carbocycles. The van der Waals surface area contributed by atoms with Gasteiger partial charge in [-0.05, 0) is 54.5 Å². The number of thioether (sulfide) groups is 1. The van der Waals surface area contributed by atoms with Crippen LogP contribution in [0.4, 0.5) is 4.79 Å². The minimum absolute atomic E-state index is 0. The highest BCUT2D eigenvalue weighted by Gasteiger charge is 2.22. The normalized spacial score (nSPS) is 13.4. The number of hydrogen-bond acceptors (Lipinski definition) is 6. The molecule has 0 aromatic heterocycles. The van der Waals surface area contributed by atoms with E-state index in [-0.39, 0.29) is 21.2 Å². The first-order valence-corrected chi connectivity index (χ1v) is 13.9. The molecule has 7 heteroatoms. The van der Waals surface area contributed by atoms with Gasteiger partial charge in [0.25, 0.3) is 0 Å². The summed E-state index contributed by atoms with van der Waals surface area (Å²) in [5.41, 5.74) is 1.63. The third-order valence-corrected chi connectivity index (χ3v) is 7.23. The van der Waals surface area contributed by atoms with Gasteiger partial charge < -0.3 is 19.5 Å². The predicted molar refractivity (Wildman–Crippen MR) is 152 cm³/mol. The zero-order valence-corrected chi connectivity index (χ0v) is 23.5. The Bertz CT molecular complexity index is 984. The summed E-state index contributed by atoms with van der Waals surface area (Å²) < 4.78 is 16.7. The van der Waals surface area contributed by atoms with Crippen LogP contribution in [0.25, 0.3) is 0 Å². The lowest BCUT2D eigenvalue weighted by molar-refractivity contribution is -0.138. The summed E-state index contributed by atoms with van der Waals surface area (Å²) in [6, 6.07) is 18.2. The van der Waals surface area contributed by atoms with Gasteiger partial charge in [0.1, 0.15) is 25.1 Å². The van der Waals surface area contributed by atoms with Gasteiger partial charge in [0.15, 0.2) is 0 Å². The second-order valence-electron chi connectivity index (χ2n) is 9.53. The fraction of sp³-hybridized carbons (Fsp3) is 0.467. The zero-order chi connectivity index (χ0) is 27.2. The molecule has 0 saturated carbocycles. The van der Waals surface area contributed by atoms with Crippen LogP contribution in [0, 0.1) is 11.8 Å². The molecule has 0 spiro atoms. The van der Waals surface area contributed by atoms with Crippen molar-refractivity contribution in [2.45, 2.75) is 58.0 Å². The van der Waals surface area contributed by atoms with Crippen molar-refractivity contribution in [2.75, 3.05) is 25.5 Å². The van der Waals surface area contributed by atoms with Crippen LogP contribution in [0.3, 0.4) is 0 Å². The molecular formula is C30H43NO5S. The van der Waals surface area contributed by atoms with Crippen molar-refractivity contribution in [3.63, 3.8) is 0 Å². The molecule has 1 N–H and O–H groups in total. The second kappa shape index (κ2) is 16.0. The molecule has 204 valence electrons. The first kappa shape index (κ1) is 30.3. The summed E-state index contributed by atoms with van der Waals surface area (Å²) >= 11 is 1.59. The van der Waals surface area contributed by atoms with Gasteiger partial charge in [-0.25, -0.2) is 9.59 Å².